The van der Waals surface area contributed by atoms with Crippen molar-refractivity contribution in [3.8, 4) is 0 Å². The van der Waals surface area contributed by atoms with Crippen LogP contribution in [0, 0.1) is 5.92 Å². The highest BCUT2D eigenvalue weighted by Crippen LogP contribution is 2.28. The van der Waals surface area contributed by atoms with Crippen molar-refractivity contribution >= 4 is 41.9 Å². The summed E-state index contributed by atoms with van der Waals surface area (Å²) in [5.74, 6) is 1.56. The molecule has 30 heavy (non-hydrogen) atoms. The van der Waals surface area contributed by atoms with Gasteiger partial charge in [-0.1, -0.05) is 25.7 Å². The Morgan fingerprint density at radius 1 is 1.13 bits per heavy atom. The minimum Gasteiger partial charge on any atom is -0.450 e. The molecule has 2 fully saturated rings. The minimum absolute atomic E-state index is 0. The molecule has 2 rings (SSSR count). The van der Waals surface area contributed by atoms with Gasteiger partial charge in [0.1, 0.15) is 6.54 Å². The Morgan fingerprint density at radius 2 is 1.80 bits per heavy atom. The third kappa shape index (κ3) is 9.70. The first kappa shape index (κ1) is 26.8. The molecular weight excluding hydrogens is 497 g/mol. The number of carbonyl (C=O) groups is 2. The van der Waals surface area contributed by atoms with Gasteiger partial charge >= 0.3 is 6.09 Å². The molecule has 0 spiro atoms. The number of guanidine groups is 1. The molecule has 2 amide bonds. The molecule has 2 aliphatic rings. The number of ether oxygens (including phenoxy) is 1. The van der Waals surface area contributed by atoms with E-state index in [-0.39, 0.29) is 48.6 Å². The van der Waals surface area contributed by atoms with Crippen LogP contribution in [-0.2, 0) is 9.53 Å². The van der Waals surface area contributed by atoms with Gasteiger partial charge in [-0.25, -0.2) is 9.79 Å². The zero-order chi connectivity index (χ0) is 21.1. The predicted molar refractivity (Wildman–Crippen MR) is 130 cm³/mol. The first-order valence-corrected chi connectivity index (χ1v) is 11.2. The van der Waals surface area contributed by atoms with E-state index in [0.717, 1.165) is 31.7 Å². The fourth-order valence-corrected chi connectivity index (χ4v) is 3.95. The minimum atomic E-state index is -0.235. The predicted octanol–water partition coefficient (Wildman–Crippen LogP) is 2.82. The van der Waals surface area contributed by atoms with Crippen molar-refractivity contribution in [1.29, 1.82) is 0 Å². The van der Waals surface area contributed by atoms with E-state index in [1.54, 1.807) is 23.9 Å². The summed E-state index contributed by atoms with van der Waals surface area (Å²) in [6, 6.07) is 0.233. The highest BCUT2D eigenvalue weighted by Gasteiger charge is 2.24. The lowest BCUT2D eigenvalue weighted by atomic mass is 10.0. The number of likely N-dealkylation sites (N-methyl/N-ethyl adjacent to an activating group) is 1. The van der Waals surface area contributed by atoms with Gasteiger partial charge in [-0.15, -0.1) is 24.0 Å². The first-order chi connectivity index (χ1) is 14.0. The Balaban J connectivity index is 0.00000450. The van der Waals surface area contributed by atoms with E-state index < -0.39 is 0 Å². The number of carbonyl (C=O) groups excluding carboxylic acids is 2. The molecule has 1 saturated heterocycles. The number of hydrogen-bond acceptors (Lipinski definition) is 4. The number of rotatable bonds is 8. The lowest BCUT2D eigenvalue weighted by molar-refractivity contribution is -0.127. The van der Waals surface area contributed by atoms with E-state index >= 15 is 0 Å². The number of likely N-dealkylation sites (tertiary alicyclic amines) is 1. The van der Waals surface area contributed by atoms with Gasteiger partial charge in [0.05, 0.1) is 6.61 Å². The maximum atomic E-state index is 11.9. The Bertz CT molecular complexity index is 545. The van der Waals surface area contributed by atoms with Crippen LogP contribution in [0.3, 0.4) is 0 Å². The molecule has 174 valence electrons. The van der Waals surface area contributed by atoms with Gasteiger partial charge in [-0.05, 0) is 38.5 Å². The maximum absolute atomic E-state index is 11.9. The van der Waals surface area contributed by atoms with Crippen molar-refractivity contribution in [2.75, 3.05) is 46.9 Å². The summed E-state index contributed by atoms with van der Waals surface area (Å²) in [5, 5.41) is 6.86. The van der Waals surface area contributed by atoms with Gasteiger partial charge in [-0.2, -0.15) is 0 Å². The van der Waals surface area contributed by atoms with Crippen LogP contribution in [0.15, 0.2) is 4.99 Å². The van der Waals surface area contributed by atoms with Crippen LogP contribution in [0.2, 0.25) is 0 Å². The first-order valence-electron chi connectivity index (χ1n) is 11.2. The average Bonchev–Trinajstić information content (AvgIpc) is 3.23. The summed E-state index contributed by atoms with van der Waals surface area (Å²) in [4.78, 5) is 31.6. The van der Waals surface area contributed by atoms with Gasteiger partial charge in [-0.3, -0.25) is 4.79 Å². The van der Waals surface area contributed by atoms with Crippen LogP contribution in [0.5, 0.6) is 0 Å². The number of amides is 2. The monoisotopic (exact) mass is 537 g/mol. The van der Waals surface area contributed by atoms with Crippen molar-refractivity contribution in [1.82, 2.24) is 20.4 Å². The lowest BCUT2D eigenvalue weighted by Crippen LogP contribution is -2.50. The fourth-order valence-electron chi connectivity index (χ4n) is 3.95. The van der Waals surface area contributed by atoms with Gasteiger partial charge in [0.2, 0.25) is 5.91 Å². The largest absolute Gasteiger partial charge is 0.450 e. The van der Waals surface area contributed by atoms with E-state index in [4.69, 9.17) is 4.74 Å². The van der Waals surface area contributed by atoms with Gasteiger partial charge in [0.25, 0.3) is 0 Å². The summed E-state index contributed by atoms with van der Waals surface area (Å²) in [6.45, 7) is 4.55. The Kier molecular flexibility index (Phi) is 13.1. The van der Waals surface area contributed by atoms with Gasteiger partial charge < -0.3 is 25.2 Å². The zero-order valence-electron chi connectivity index (χ0n) is 18.8. The van der Waals surface area contributed by atoms with Crippen LogP contribution < -0.4 is 10.6 Å². The fraction of sp³-hybridized carbons (Fsp3) is 0.857. The molecule has 1 aliphatic heterocycles. The highest BCUT2D eigenvalue weighted by atomic mass is 127. The molecule has 9 heteroatoms. The Labute approximate surface area is 198 Å². The standard InChI is InChI=1S/C21H39N5O3.HI/c1-4-29-21(28)26-14-11-18(12-15-26)24-20(23-16-19(27)25(2)3)22-13-7-10-17-8-5-6-9-17;/h17-18H,4-16H2,1-3H3,(H2,22,23,24);1H. The van der Waals surface area contributed by atoms with E-state index in [2.05, 4.69) is 15.6 Å². The van der Waals surface area contributed by atoms with Crippen LogP contribution in [0.4, 0.5) is 4.79 Å². The van der Waals surface area contributed by atoms with Crippen molar-refractivity contribution in [2.45, 2.75) is 64.3 Å². The van der Waals surface area contributed by atoms with E-state index in [0.29, 0.717) is 25.7 Å². The quantitative estimate of drug-likeness (QED) is 0.215. The molecule has 0 atom stereocenters. The molecule has 1 saturated carbocycles. The molecule has 8 nitrogen and oxygen atoms in total. The SMILES string of the molecule is CCOC(=O)N1CCC(NC(=NCC(=O)N(C)C)NCCCC2CCCC2)CC1.I. The number of piperidine rings is 1. The molecule has 1 aliphatic carbocycles. The molecule has 0 unspecified atom stereocenters. The Morgan fingerprint density at radius 3 is 2.40 bits per heavy atom. The molecule has 0 aromatic heterocycles. The third-order valence-electron chi connectivity index (χ3n) is 5.79. The second-order valence-electron chi connectivity index (χ2n) is 8.28. The highest BCUT2D eigenvalue weighted by molar-refractivity contribution is 14.0. The maximum Gasteiger partial charge on any atom is 0.409 e. The lowest BCUT2D eigenvalue weighted by Gasteiger charge is -2.32. The van der Waals surface area contributed by atoms with Crippen LogP contribution in [0.1, 0.15) is 58.3 Å². The topological polar surface area (TPSA) is 86.3 Å². The molecule has 0 aromatic carbocycles. The number of hydrogen-bond donors (Lipinski definition) is 2. The molecule has 2 N–H and O–H groups in total. The molecule has 0 radical (unpaired) electrons. The third-order valence-corrected chi connectivity index (χ3v) is 5.79. The van der Waals surface area contributed by atoms with Crippen molar-refractivity contribution in [3.63, 3.8) is 0 Å². The second-order valence-corrected chi connectivity index (χ2v) is 8.28. The van der Waals surface area contributed by atoms with E-state index in [9.17, 15) is 9.59 Å². The normalized spacial score (nSPS) is 18.0. The van der Waals surface area contributed by atoms with Gasteiger partial charge in [0, 0.05) is 39.8 Å². The number of halogens is 1. The van der Waals surface area contributed by atoms with Crippen molar-refractivity contribution in [2.24, 2.45) is 10.9 Å². The zero-order valence-corrected chi connectivity index (χ0v) is 21.2. The van der Waals surface area contributed by atoms with Crippen molar-refractivity contribution in [3.05, 3.63) is 0 Å². The van der Waals surface area contributed by atoms with Crippen LogP contribution >= 0.6 is 24.0 Å². The molecule has 0 bridgehead atoms. The summed E-state index contributed by atoms with van der Waals surface area (Å²) >= 11 is 0. The molecular formula is C21H40IN5O3. The number of nitrogens with one attached hydrogen (secondary N) is 2. The smallest absolute Gasteiger partial charge is 0.409 e. The second kappa shape index (κ2) is 14.7. The summed E-state index contributed by atoms with van der Waals surface area (Å²) in [5.41, 5.74) is 0. The molecule has 1 heterocycles. The average molecular weight is 537 g/mol. The van der Waals surface area contributed by atoms with Crippen LogP contribution in [-0.4, -0.2) is 80.7 Å². The summed E-state index contributed by atoms with van der Waals surface area (Å²) in [7, 11) is 3.48. The van der Waals surface area contributed by atoms with E-state index in [1.807, 2.05) is 6.92 Å². The van der Waals surface area contributed by atoms with E-state index in [1.165, 1.54) is 32.1 Å². The summed E-state index contributed by atoms with van der Waals surface area (Å²) < 4.78 is 5.08. The van der Waals surface area contributed by atoms with Crippen molar-refractivity contribution < 1.29 is 14.3 Å². The van der Waals surface area contributed by atoms with Gasteiger partial charge in [0.15, 0.2) is 5.96 Å². The number of aliphatic imine (C=N–C) groups is 1. The Hall–Kier alpha value is -1.26. The molecule has 0 aromatic rings. The van der Waals surface area contributed by atoms with Crippen LogP contribution in [0.25, 0.3) is 0 Å². The number of nitrogens with zero attached hydrogens (tertiary/aromatic N) is 3. The summed E-state index contributed by atoms with van der Waals surface area (Å²) in [6.07, 6.45) is 9.31.